The van der Waals surface area contributed by atoms with Crippen molar-refractivity contribution in [3.05, 3.63) is 70.1 Å². The number of nitrogens with zero attached hydrogens (tertiary/aromatic N) is 1. The molecule has 1 amide bonds. The van der Waals surface area contributed by atoms with E-state index in [1.54, 1.807) is 19.9 Å². The van der Waals surface area contributed by atoms with Crippen molar-refractivity contribution in [2.45, 2.75) is 40.9 Å². The summed E-state index contributed by atoms with van der Waals surface area (Å²) < 4.78 is 40.9. The van der Waals surface area contributed by atoms with E-state index in [1.165, 1.54) is 12.1 Å². The largest absolute Gasteiger partial charge is 0.489 e. The molecule has 3 rings (SSSR count). The zero-order valence-electron chi connectivity index (χ0n) is 17.1. The fourth-order valence-corrected chi connectivity index (χ4v) is 3.02. The molecule has 0 aliphatic rings. The summed E-state index contributed by atoms with van der Waals surface area (Å²) in [5.74, 6) is 0.337. The van der Waals surface area contributed by atoms with E-state index < -0.39 is 12.5 Å². The first-order chi connectivity index (χ1) is 14.2. The van der Waals surface area contributed by atoms with Crippen LogP contribution >= 0.6 is 0 Å². The minimum Gasteiger partial charge on any atom is -0.489 e. The molecule has 0 unspecified atom stereocenters. The molecular formula is C22H22F2N2O4. The first kappa shape index (κ1) is 21.3. The van der Waals surface area contributed by atoms with Crippen LogP contribution < -0.4 is 14.8 Å². The lowest BCUT2D eigenvalue weighted by atomic mass is 10.1. The van der Waals surface area contributed by atoms with Gasteiger partial charge in [-0.3, -0.25) is 4.79 Å². The van der Waals surface area contributed by atoms with Gasteiger partial charge in [-0.05, 0) is 68.7 Å². The molecule has 2 aromatic carbocycles. The molecule has 0 atom stereocenters. The Morgan fingerprint density at radius 3 is 2.43 bits per heavy atom. The van der Waals surface area contributed by atoms with Gasteiger partial charge in [0.25, 0.3) is 5.91 Å². The van der Waals surface area contributed by atoms with E-state index in [2.05, 4.69) is 15.2 Å². The maximum atomic E-state index is 12.8. The van der Waals surface area contributed by atoms with Crippen LogP contribution in [0.1, 0.15) is 38.5 Å². The number of ether oxygens (including phenoxy) is 2. The number of nitrogens with one attached hydrogen (secondary N) is 1. The predicted molar refractivity (Wildman–Crippen MR) is 107 cm³/mol. The number of aromatic nitrogens is 1. The lowest BCUT2D eigenvalue weighted by Gasteiger charge is -2.12. The number of aryl methyl sites for hydroxylation is 4. The molecule has 8 heteroatoms. The number of rotatable bonds is 7. The van der Waals surface area contributed by atoms with Gasteiger partial charge in [0, 0.05) is 0 Å². The number of alkyl halides is 2. The SMILES string of the molecule is Cc1cc(C)cc(OCc2c(C(=O)Nc3ccc(C)cc3OC(F)F)noc2C)c1. The summed E-state index contributed by atoms with van der Waals surface area (Å²) in [6, 6.07) is 10.4. The first-order valence-corrected chi connectivity index (χ1v) is 9.26. The Labute approximate surface area is 172 Å². The smallest absolute Gasteiger partial charge is 0.387 e. The second-order valence-corrected chi connectivity index (χ2v) is 7.01. The second-order valence-electron chi connectivity index (χ2n) is 7.01. The molecule has 0 saturated carbocycles. The highest BCUT2D eigenvalue weighted by atomic mass is 19.3. The van der Waals surface area contributed by atoms with Gasteiger partial charge in [-0.1, -0.05) is 17.3 Å². The molecule has 1 heterocycles. The molecule has 1 aromatic heterocycles. The third-order valence-corrected chi connectivity index (χ3v) is 4.38. The summed E-state index contributed by atoms with van der Waals surface area (Å²) in [7, 11) is 0. The molecule has 0 bridgehead atoms. The van der Waals surface area contributed by atoms with Crippen molar-refractivity contribution in [2.75, 3.05) is 5.32 Å². The number of halogens is 2. The molecule has 0 saturated heterocycles. The zero-order chi connectivity index (χ0) is 21.8. The van der Waals surface area contributed by atoms with Crippen molar-refractivity contribution in [3.63, 3.8) is 0 Å². The topological polar surface area (TPSA) is 73.6 Å². The van der Waals surface area contributed by atoms with Crippen molar-refractivity contribution in [2.24, 2.45) is 0 Å². The standard InChI is InChI=1S/C22H22F2N2O4/c1-12-5-6-18(19(10-12)29-22(23)24)25-21(27)20-17(15(4)30-26-20)11-28-16-8-13(2)7-14(3)9-16/h5-10,22H,11H2,1-4H3,(H,25,27). The van der Waals surface area contributed by atoms with Crippen LogP contribution in [-0.4, -0.2) is 17.7 Å². The monoisotopic (exact) mass is 416 g/mol. The molecule has 0 spiro atoms. The van der Waals surface area contributed by atoms with E-state index >= 15 is 0 Å². The number of carbonyl (C=O) groups excluding carboxylic acids is 1. The van der Waals surface area contributed by atoms with Crippen LogP contribution in [0.3, 0.4) is 0 Å². The van der Waals surface area contributed by atoms with Crippen LogP contribution in [0.25, 0.3) is 0 Å². The number of hydrogen-bond acceptors (Lipinski definition) is 5. The third-order valence-electron chi connectivity index (χ3n) is 4.38. The van der Waals surface area contributed by atoms with E-state index in [0.29, 0.717) is 22.6 Å². The van der Waals surface area contributed by atoms with Crippen LogP contribution in [0.5, 0.6) is 11.5 Å². The van der Waals surface area contributed by atoms with Crippen LogP contribution in [0.2, 0.25) is 0 Å². The normalized spacial score (nSPS) is 10.9. The van der Waals surface area contributed by atoms with E-state index in [4.69, 9.17) is 9.26 Å². The zero-order valence-corrected chi connectivity index (χ0v) is 17.1. The van der Waals surface area contributed by atoms with Crippen molar-refractivity contribution in [1.82, 2.24) is 5.16 Å². The Bertz CT molecular complexity index is 1040. The lowest BCUT2D eigenvalue weighted by molar-refractivity contribution is -0.0494. The van der Waals surface area contributed by atoms with Gasteiger partial charge in [0.05, 0.1) is 11.3 Å². The first-order valence-electron chi connectivity index (χ1n) is 9.26. The Kier molecular flexibility index (Phi) is 6.34. The number of amides is 1. The van der Waals surface area contributed by atoms with Crippen LogP contribution in [0.4, 0.5) is 14.5 Å². The molecule has 6 nitrogen and oxygen atoms in total. The average molecular weight is 416 g/mol. The molecular weight excluding hydrogens is 394 g/mol. The minimum atomic E-state index is -3.02. The van der Waals surface area contributed by atoms with E-state index in [1.807, 2.05) is 32.0 Å². The average Bonchev–Trinajstić information content (AvgIpc) is 3.01. The van der Waals surface area contributed by atoms with Crippen LogP contribution in [-0.2, 0) is 6.61 Å². The number of carbonyl (C=O) groups is 1. The van der Waals surface area contributed by atoms with Crippen LogP contribution in [0, 0.1) is 27.7 Å². The van der Waals surface area contributed by atoms with Gasteiger partial charge in [0.2, 0.25) is 0 Å². The summed E-state index contributed by atoms with van der Waals surface area (Å²) >= 11 is 0. The quantitative estimate of drug-likeness (QED) is 0.563. The maximum Gasteiger partial charge on any atom is 0.387 e. The highest BCUT2D eigenvalue weighted by Gasteiger charge is 2.22. The molecule has 158 valence electrons. The van der Waals surface area contributed by atoms with Crippen molar-refractivity contribution in [3.8, 4) is 11.5 Å². The van der Waals surface area contributed by atoms with E-state index in [-0.39, 0.29) is 23.7 Å². The number of anilines is 1. The van der Waals surface area contributed by atoms with E-state index in [0.717, 1.165) is 11.1 Å². The number of hydrogen-bond donors (Lipinski definition) is 1. The van der Waals surface area contributed by atoms with Gasteiger partial charge < -0.3 is 19.3 Å². The highest BCUT2D eigenvalue weighted by Crippen LogP contribution is 2.28. The molecule has 30 heavy (non-hydrogen) atoms. The molecule has 3 aromatic rings. The fraction of sp³-hybridized carbons (Fsp3) is 0.273. The lowest BCUT2D eigenvalue weighted by Crippen LogP contribution is -2.17. The van der Waals surface area contributed by atoms with Crippen molar-refractivity contribution in [1.29, 1.82) is 0 Å². The predicted octanol–water partition coefficient (Wildman–Crippen LogP) is 5.34. The van der Waals surface area contributed by atoms with Gasteiger partial charge in [0.1, 0.15) is 23.9 Å². The molecule has 0 aliphatic carbocycles. The molecule has 0 fully saturated rings. The van der Waals surface area contributed by atoms with Gasteiger partial charge in [-0.15, -0.1) is 0 Å². The summed E-state index contributed by atoms with van der Waals surface area (Å²) in [5.41, 5.74) is 3.40. The Morgan fingerprint density at radius 2 is 1.77 bits per heavy atom. The summed E-state index contributed by atoms with van der Waals surface area (Å²) in [6.07, 6.45) is 0. The summed E-state index contributed by atoms with van der Waals surface area (Å²) in [4.78, 5) is 12.8. The molecule has 0 radical (unpaired) electrons. The molecule has 0 aliphatic heterocycles. The summed E-state index contributed by atoms with van der Waals surface area (Å²) in [5, 5.41) is 6.37. The Balaban J connectivity index is 1.80. The van der Waals surface area contributed by atoms with E-state index in [9.17, 15) is 13.6 Å². The third kappa shape index (κ3) is 5.14. The summed E-state index contributed by atoms with van der Waals surface area (Å²) in [6.45, 7) is 4.37. The van der Waals surface area contributed by atoms with Crippen LogP contribution in [0.15, 0.2) is 40.9 Å². The maximum absolute atomic E-state index is 12.8. The number of benzene rings is 2. The second kappa shape index (κ2) is 8.94. The van der Waals surface area contributed by atoms with Crippen molar-refractivity contribution >= 4 is 11.6 Å². The Hall–Kier alpha value is -3.42. The Morgan fingerprint density at radius 1 is 1.07 bits per heavy atom. The fourth-order valence-electron chi connectivity index (χ4n) is 3.02. The van der Waals surface area contributed by atoms with Gasteiger partial charge in [-0.25, -0.2) is 0 Å². The van der Waals surface area contributed by atoms with Gasteiger partial charge in [-0.2, -0.15) is 8.78 Å². The van der Waals surface area contributed by atoms with Crippen molar-refractivity contribution < 1.29 is 27.6 Å². The van der Waals surface area contributed by atoms with Gasteiger partial charge >= 0.3 is 6.61 Å². The molecule has 1 N–H and O–H groups in total. The highest BCUT2D eigenvalue weighted by molar-refractivity contribution is 6.04. The minimum absolute atomic E-state index is 0.0143. The van der Waals surface area contributed by atoms with Gasteiger partial charge in [0.15, 0.2) is 5.69 Å².